The Labute approximate surface area is 170 Å². The van der Waals surface area contributed by atoms with E-state index in [9.17, 15) is 0 Å². The molecule has 3 aromatic carbocycles. The van der Waals surface area contributed by atoms with Gasteiger partial charge in [-0.25, -0.2) is 0 Å². The van der Waals surface area contributed by atoms with E-state index in [-0.39, 0.29) is 0 Å². The summed E-state index contributed by atoms with van der Waals surface area (Å²) < 4.78 is 0.744. The largest absolute Gasteiger partial charge is 0.386 e. The van der Waals surface area contributed by atoms with E-state index in [2.05, 4.69) is 53.8 Å². The second kappa shape index (κ2) is 9.48. The Kier molecular flexibility index (Phi) is 7.05. The SMILES string of the molecule is CN/C(=C(/Cl)Sc1ccc(Cl)cc1)P(c1ccccc1)c1ccccc1. The number of rotatable bonds is 6. The number of hydrogen-bond donors (Lipinski definition) is 1. The fourth-order valence-electron chi connectivity index (χ4n) is 2.51. The molecule has 0 unspecified atom stereocenters. The highest BCUT2D eigenvalue weighted by molar-refractivity contribution is 8.05. The fourth-order valence-corrected chi connectivity index (χ4v) is 6.50. The van der Waals surface area contributed by atoms with Gasteiger partial charge in [-0.2, -0.15) is 0 Å². The van der Waals surface area contributed by atoms with Crippen molar-refractivity contribution >= 4 is 53.5 Å². The highest BCUT2D eigenvalue weighted by atomic mass is 35.5. The number of hydrogen-bond acceptors (Lipinski definition) is 2. The van der Waals surface area contributed by atoms with E-state index in [4.69, 9.17) is 23.2 Å². The van der Waals surface area contributed by atoms with Gasteiger partial charge >= 0.3 is 0 Å². The molecule has 1 N–H and O–H groups in total. The van der Waals surface area contributed by atoms with Gasteiger partial charge in [-0.15, -0.1) is 0 Å². The third-order valence-corrected chi connectivity index (χ3v) is 8.07. The lowest BCUT2D eigenvalue weighted by Gasteiger charge is -2.23. The lowest BCUT2D eigenvalue weighted by atomic mass is 10.4. The Balaban J connectivity index is 2.03. The highest BCUT2D eigenvalue weighted by Gasteiger charge is 2.21. The Bertz CT molecular complexity index is 828. The van der Waals surface area contributed by atoms with Crippen molar-refractivity contribution in [2.45, 2.75) is 4.90 Å². The summed E-state index contributed by atoms with van der Waals surface area (Å²) >= 11 is 14.3. The molecule has 0 aliphatic heterocycles. The van der Waals surface area contributed by atoms with Gasteiger partial charge in [0.25, 0.3) is 0 Å². The molecule has 5 heteroatoms. The molecule has 0 atom stereocenters. The molecule has 0 bridgehead atoms. The monoisotopic (exact) mass is 417 g/mol. The molecular weight excluding hydrogens is 400 g/mol. The third kappa shape index (κ3) is 4.84. The van der Waals surface area contributed by atoms with E-state index in [1.54, 1.807) is 11.8 Å². The topological polar surface area (TPSA) is 12.0 Å². The summed E-state index contributed by atoms with van der Waals surface area (Å²) in [6, 6.07) is 28.7. The molecule has 0 amide bonds. The number of nitrogens with one attached hydrogen (secondary N) is 1. The van der Waals surface area contributed by atoms with Crippen LogP contribution in [0.15, 0.2) is 99.6 Å². The lowest BCUT2D eigenvalue weighted by Crippen LogP contribution is -2.19. The van der Waals surface area contributed by atoms with Crippen LogP contribution in [0.25, 0.3) is 0 Å². The molecule has 0 aliphatic carbocycles. The minimum atomic E-state index is -0.767. The smallest absolute Gasteiger partial charge is 0.102 e. The average molecular weight is 418 g/mol. The molecule has 0 heterocycles. The first-order valence-electron chi connectivity index (χ1n) is 8.10. The van der Waals surface area contributed by atoms with Crippen LogP contribution < -0.4 is 15.9 Å². The second-order valence-corrected chi connectivity index (χ2v) is 9.71. The lowest BCUT2D eigenvalue weighted by molar-refractivity contribution is 1.08. The van der Waals surface area contributed by atoms with Gasteiger partial charge < -0.3 is 5.32 Å². The van der Waals surface area contributed by atoms with Gasteiger partial charge in [0.05, 0.1) is 5.44 Å². The first-order chi connectivity index (χ1) is 12.7. The maximum absolute atomic E-state index is 6.78. The van der Waals surface area contributed by atoms with Gasteiger partial charge in [-0.1, -0.05) is 95.6 Å². The molecular formula is C21H18Cl2NPS. The highest BCUT2D eigenvalue weighted by Crippen LogP contribution is 2.47. The summed E-state index contributed by atoms with van der Waals surface area (Å²) in [5.74, 6) is 0. The van der Waals surface area contributed by atoms with Crippen molar-refractivity contribution in [1.82, 2.24) is 5.32 Å². The Morgan fingerprint density at radius 3 is 1.77 bits per heavy atom. The molecule has 0 aromatic heterocycles. The zero-order valence-electron chi connectivity index (χ0n) is 14.2. The van der Waals surface area contributed by atoms with Gasteiger partial charge in [0, 0.05) is 24.9 Å². The minimum Gasteiger partial charge on any atom is -0.386 e. The molecule has 26 heavy (non-hydrogen) atoms. The molecule has 0 aliphatic rings. The minimum absolute atomic E-state index is 0.721. The average Bonchev–Trinajstić information content (AvgIpc) is 2.69. The van der Waals surface area contributed by atoms with E-state index in [1.165, 1.54) is 10.6 Å². The van der Waals surface area contributed by atoms with E-state index < -0.39 is 7.92 Å². The summed E-state index contributed by atoms with van der Waals surface area (Å²) in [5.41, 5.74) is 1.04. The quantitative estimate of drug-likeness (QED) is 0.381. The van der Waals surface area contributed by atoms with Crippen LogP contribution in [0.5, 0.6) is 0 Å². The van der Waals surface area contributed by atoms with E-state index in [0.29, 0.717) is 0 Å². The third-order valence-electron chi connectivity index (χ3n) is 3.70. The molecule has 3 rings (SSSR count). The Hall–Kier alpha value is -1.44. The predicted molar refractivity (Wildman–Crippen MR) is 118 cm³/mol. The van der Waals surface area contributed by atoms with Crippen molar-refractivity contribution in [2.24, 2.45) is 0 Å². The normalized spacial score (nSPS) is 12.0. The van der Waals surface area contributed by atoms with Crippen molar-refractivity contribution in [2.75, 3.05) is 7.05 Å². The number of thioether (sulfide) groups is 1. The van der Waals surface area contributed by atoms with Crippen LogP contribution in [0.1, 0.15) is 0 Å². The molecule has 132 valence electrons. The van der Waals surface area contributed by atoms with Crippen molar-refractivity contribution < 1.29 is 0 Å². The molecule has 3 aromatic rings. The molecule has 0 saturated carbocycles. The Morgan fingerprint density at radius 2 is 1.31 bits per heavy atom. The van der Waals surface area contributed by atoms with Crippen LogP contribution in [0.4, 0.5) is 0 Å². The zero-order chi connectivity index (χ0) is 18.4. The summed E-state index contributed by atoms with van der Waals surface area (Å²) in [4.78, 5) is 1.06. The van der Waals surface area contributed by atoms with Crippen LogP contribution in [-0.4, -0.2) is 7.05 Å². The first kappa shape index (κ1) is 19.3. The van der Waals surface area contributed by atoms with Gasteiger partial charge in [0.2, 0.25) is 0 Å². The maximum Gasteiger partial charge on any atom is 0.102 e. The van der Waals surface area contributed by atoms with Crippen LogP contribution in [0, 0.1) is 0 Å². The van der Waals surface area contributed by atoms with Crippen LogP contribution in [-0.2, 0) is 0 Å². The maximum atomic E-state index is 6.78. The van der Waals surface area contributed by atoms with Gasteiger partial charge in [-0.3, -0.25) is 0 Å². The zero-order valence-corrected chi connectivity index (χ0v) is 17.4. The predicted octanol–water partition coefficient (Wildman–Crippen LogP) is 6.15. The molecule has 0 saturated heterocycles. The summed E-state index contributed by atoms with van der Waals surface area (Å²) in [7, 11) is 1.17. The summed E-state index contributed by atoms with van der Waals surface area (Å²) in [5, 5.41) is 6.60. The second-order valence-electron chi connectivity index (χ2n) is 5.43. The van der Waals surface area contributed by atoms with Crippen LogP contribution in [0.2, 0.25) is 5.02 Å². The molecule has 0 fully saturated rings. The molecule has 0 spiro atoms. The van der Waals surface area contributed by atoms with E-state index in [0.717, 1.165) is 19.7 Å². The first-order valence-corrected chi connectivity index (χ1v) is 11.0. The Morgan fingerprint density at radius 1 is 0.808 bits per heavy atom. The van der Waals surface area contributed by atoms with Crippen LogP contribution in [0.3, 0.4) is 0 Å². The number of halogens is 2. The van der Waals surface area contributed by atoms with Gasteiger partial charge in [0.15, 0.2) is 0 Å². The van der Waals surface area contributed by atoms with E-state index >= 15 is 0 Å². The number of benzene rings is 3. The van der Waals surface area contributed by atoms with E-state index in [1.807, 2.05) is 43.4 Å². The fraction of sp³-hybridized carbons (Fsp3) is 0.0476. The van der Waals surface area contributed by atoms with Crippen LogP contribution >= 0.6 is 42.9 Å². The summed E-state index contributed by atoms with van der Waals surface area (Å²) in [6.45, 7) is 0. The van der Waals surface area contributed by atoms with Gasteiger partial charge in [0.1, 0.15) is 4.36 Å². The van der Waals surface area contributed by atoms with Crippen molar-refractivity contribution in [1.29, 1.82) is 0 Å². The van der Waals surface area contributed by atoms with Crippen molar-refractivity contribution in [3.63, 3.8) is 0 Å². The standard InChI is InChI=1S/C21H18Cl2NPS/c1-24-21(20(23)26-19-14-12-16(22)13-15-19)25(17-8-4-2-5-9-17)18-10-6-3-7-11-18/h2-15,24H,1H3/b21-20+. The molecule has 0 radical (unpaired) electrons. The van der Waals surface area contributed by atoms with Gasteiger partial charge in [-0.05, 0) is 34.9 Å². The summed E-state index contributed by atoms with van der Waals surface area (Å²) in [6.07, 6.45) is 0. The van der Waals surface area contributed by atoms with Crippen molar-refractivity contribution in [3.05, 3.63) is 99.8 Å². The van der Waals surface area contributed by atoms with Crippen molar-refractivity contribution in [3.8, 4) is 0 Å². The molecule has 1 nitrogen and oxygen atoms in total.